The molecule has 1 aliphatic rings. The molecule has 2 atom stereocenters. The van der Waals surface area contributed by atoms with Crippen molar-refractivity contribution in [1.82, 2.24) is 14.7 Å². The Bertz CT molecular complexity index is 712. The first-order chi connectivity index (χ1) is 11.6. The number of carbonyl (C=O) groups is 2. The van der Waals surface area contributed by atoms with Crippen molar-refractivity contribution < 1.29 is 19.4 Å². The summed E-state index contributed by atoms with van der Waals surface area (Å²) >= 11 is 0. The lowest BCUT2D eigenvalue weighted by atomic mass is 9.91. The molecular weight excluding hydrogens is 310 g/mol. The minimum Gasteiger partial charge on any atom is -0.465 e. The number of methoxy groups -OCH3 is 1. The van der Waals surface area contributed by atoms with E-state index in [1.54, 1.807) is 30.5 Å². The van der Waals surface area contributed by atoms with Gasteiger partial charge in [0, 0.05) is 18.9 Å². The van der Waals surface area contributed by atoms with E-state index in [9.17, 15) is 14.7 Å². The molecule has 7 nitrogen and oxygen atoms in total. The van der Waals surface area contributed by atoms with Crippen LogP contribution in [-0.2, 0) is 4.74 Å². The number of ether oxygens (including phenoxy) is 1. The number of carboxylic acid groups (broad SMARTS) is 1. The number of carbonyl (C=O) groups excluding carboxylic acids is 1. The summed E-state index contributed by atoms with van der Waals surface area (Å²) in [7, 11) is 1.33. The number of hydrogen-bond donors (Lipinski definition) is 1. The fourth-order valence-corrected chi connectivity index (χ4v) is 3.19. The maximum Gasteiger partial charge on any atom is 0.407 e. The minimum atomic E-state index is -0.934. The molecule has 24 heavy (non-hydrogen) atoms. The first kappa shape index (κ1) is 16.0. The fraction of sp³-hybridized carbons (Fsp3) is 0.353. The molecule has 1 fully saturated rings. The average molecular weight is 329 g/mol. The van der Waals surface area contributed by atoms with E-state index in [4.69, 9.17) is 4.74 Å². The summed E-state index contributed by atoms with van der Waals surface area (Å²) < 4.78 is 6.58. The van der Waals surface area contributed by atoms with Crippen LogP contribution in [0.25, 0.3) is 0 Å². The number of hydrogen-bond acceptors (Lipinski definition) is 4. The second kappa shape index (κ2) is 6.74. The smallest absolute Gasteiger partial charge is 0.407 e. The molecule has 1 unspecified atom stereocenters. The summed E-state index contributed by atoms with van der Waals surface area (Å²) in [5.41, 5.74) is 1.31. The van der Waals surface area contributed by atoms with Gasteiger partial charge in [0.25, 0.3) is 0 Å². The first-order valence-electron chi connectivity index (χ1n) is 7.77. The molecule has 0 saturated carbocycles. The maximum atomic E-state index is 11.6. The number of amides is 1. The Kier molecular flexibility index (Phi) is 4.50. The molecule has 126 valence electrons. The molecule has 1 amide bonds. The van der Waals surface area contributed by atoms with Crippen LogP contribution in [0.3, 0.4) is 0 Å². The normalized spacial score (nSPS) is 20.6. The van der Waals surface area contributed by atoms with Crippen molar-refractivity contribution in [3.8, 4) is 0 Å². The highest BCUT2D eigenvalue weighted by Gasteiger charge is 2.33. The lowest BCUT2D eigenvalue weighted by Gasteiger charge is -2.38. The summed E-state index contributed by atoms with van der Waals surface area (Å²) in [6.45, 7) is 0.448. The van der Waals surface area contributed by atoms with Crippen LogP contribution in [0.1, 0.15) is 40.8 Å². The highest BCUT2D eigenvalue weighted by atomic mass is 16.5. The van der Waals surface area contributed by atoms with Crippen LogP contribution >= 0.6 is 0 Å². The molecule has 1 aliphatic heterocycles. The second-order valence-corrected chi connectivity index (χ2v) is 5.77. The van der Waals surface area contributed by atoms with Crippen LogP contribution in [0.5, 0.6) is 0 Å². The van der Waals surface area contributed by atoms with E-state index in [1.165, 1.54) is 12.0 Å². The molecule has 3 rings (SSSR count). The molecule has 1 aromatic carbocycles. The van der Waals surface area contributed by atoms with E-state index < -0.39 is 12.1 Å². The second-order valence-electron chi connectivity index (χ2n) is 5.77. The van der Waals surface area contributed by atoms with Gasteiger partial charge in [-0.15, -0.1) is 0 Å². The first-order valence-corrected chi connectivity index (χ1v) is 7.77. The van der Waals surface area contributed by atoms with Gasteiger partial charge >= 0.3 is 12.1 Å². The molecule has 1 aromatic heterocycles. The Morgan fingerprint density at radius 3 is 2.62 bits per heavy atom. The zero-order valence-electron chi connectivity index (χ0n) is 13.3. The summed E-state index contributed by atoms with van der Waals surface area (Å²) in [6, 6.07) is 8.66. The van der Waals surface area contributed by atoms with Crippen molar-refractivity contribution >= 4 is 12.1 Å². The number of esters is 1. The van der Waals surface area contributed by atoms with E-state index >= 15 is 0 Å². The molecule has 2 heterocycles. The van der Waals surface area contributed by atoms with Gasteiger partial charge in [0.1, 0.15) is 0 Å². The van der Waals surface area contributed by atoms with Crippen LogP contribution in [0.2, 0.25) is 0 Å². The quantitative estimate of drug-likeness (QED) is 0.875. The standard InChI is InChI=1S/C17H19N3O4/c1-24-16(21)13-5-3-12(4-6-13)15-11-14(20-9-2-8-18-20)7-10-19(15)17(22)23/h2-6,8-9,14-15H,7,10-11H2,1H3,(H,22,23)/t14?,15-/m0/s1. The van der Waals surface area contributed by atoms with E-state index in [0.29, 0.717) is 18.5 Å². The van der Waals surface area contributed by atoms with Gasteiger partial charge in [0.15, 0.2) is 0 Å². The van der Waals surface area contributed by atoms with Crippen molar-refractivity contribution in [2.24, 2.45) is 0 Å². The maximum absolute atomic E-state index is 11.6. The van der Waals surface area contributed by atoms with Crippen LogP contribution in [0, 0.1) is 0 Å². The van der Waals surface area contributed by atoms with Crippen LogP contribution in [0.4, 0.5) is 4.79 Å². The van der Waals surface area contributed by atoms with Gasteiger partial charge in [-0.3, -0.25) is 4.68 Å². The molecule has 7 heteroatoms. The van der Waals surface area contributed by atoms with Crippen LogP contribution < -0.4 is 0 Å². The molecule has 1 saturated heterocycles. The van der Waals surface area contributed by atoms with E-state index in [2.05, 4.69) is 5.10 Å². The third-order valence-corrected chi connectivity index (χ3v) is 4.44. The van der Waals surface area contributed by atoms with Gasteiger partial charge in [0.2, 0.25) is 0 Å². The van der Waals surface area contributed by atoms with Crippen LogP contribution in [-0.4, -0.2) is 45.5 Å². The number of piperidine rings is 1. The predicted molar refractivity (Wildman–Crippen MR) is 85.8 cm³/mol. The zero-order valence-corrected chi connectivity index (χ0v) is 13.3. The third kappa shape index (κ3) is 3.10. The molecule has 0 spiro atoms. The van der Waals surface area contributed by atoms with E-state index in [1.807, 2.05) is 16.9 Å². The Hall–Kier alpha value is -2.83. The number of benzene rings is 1. The van der Waals surface area contributed by atoms with Gasteiger partial charge in [-0.2, -0.15) is 5.10 Å². The average Bonchev–Trinajstić information content (AvgIpc) is 3.15. The highest BCUT2D eigenvalue weighted by molar-refractivity contribution is 5.89. The van der Waals surface area contributed by atoms with Gasteiger partial charge < -0.3 is 14.7 Å². The summed E-state index contributed by atoms with van der Waals surface area (Å²) in [5, 5.41) is 13.8. The predicted octanol–water partition coefficient (Wildman–Crippen LogP) is 2.73. The summed E-state index contributed by atoms with van der Waals surface area (Å²) in [5.74, 6) is -0.408. The summed E-state index contributed by atoms with van der Waals surface area (Å²) in [6.07, 6.45) is 4.06. The van der Waals surface area contributed by atoms with Gasteiger partial charge in [-0.05, 0) is 36.6 Å². The van der Waals surface area contributed by atoms with Crippen molar-refractivity contribution in [2.45, 2.75) is 24.9 Å². The largest absolute Gasteiger partial charge is 0.465 e. The number of nitrogens with zero attached hydrogens (tertiary/aromatic N) is 3. The monoisotopic (exact) mass is 329 g/mol. The van der Waals surface area contributed by atoms with Gasteiger partial charge in [0.05, 0.1) is 24.8 Å². The topological polar surface area (TPSA) is 84.7 Å². The summed E-state index contributed by atoms with van der Waals surface area (Å²) in [4.78, 5) is 24.6. The molecule has 0 bridgehead atoms. The fourth-order valence-electron chi connectivity index (χ4n) is 3.19. The Morgan fingerprint density at radius 1 is 1.29 bits per heavy atom. The molecule has 0 radical (unpaired) electrons. The lowest BCUT2D eigenvalue weighted by Crippen LogP contribution is -2.40. The Balaban J connectivity index is 1.85. The number of rotatable bonds is 3. The van der Waals surface area contributed by atoms with Crippen molar-refractivity contribution in [3.05, 3.63) is 53.9 Å². The SMILES string of the molecule is COC(=O)c1ccc([C@@H]2CC(n3cccn3)CCN2C(=O)O)cc1. The van der Waals surface area contributed by atoms with Crippen molar-refractivity contribution in [1.29, 1.82) is 0 Å². The van der Waals surface area contributed by atoms with Crippen LogP contribution in [0.15, 0.2) is 42.7 Å². The van der Waals surface area contributed by atoms with Gasteiger partial charge in [-0.1, -0.05) is 12.1 Å². The van der Waals surface area contributed by atoms with Crippen molar-refractivity contribution in [2.75, 3.05) is 13.7 Å². The molecule has 1 N–H and O–H groups in total. The minimum absolute atomic E-state index is 0.154. The number of aromatic nitrogens is 2. The Morgan fingerprint density at radius 2 is 2.04 bits per heavy atom. The molecular formula is C17H19N3O4. The molecule has 2 aromatic rings. The third-order valence-electron chi connectivity index (χ3n) is 4.44. The molecule has 0 aliphatic carbocycles. The van der Waals surface area contributed by atoms with E-state index in [0.717, 1.165) is 12.0 Å². The van der Waals surface area contributed by atoms with Crippen molar-refractivity contribution in [3.63, 3.8) is 0 Å². The number of likely N-dealkylation sites (tertiary alicyclic amines) is 1. The Labute approximate surface area is 139 Å². The highest BCUT2D eigenvalue weighted by Crippen LogP contribution is 2.36. The van der Waals surface area contributed by atoms with Gasteiger partial charge in [-0.25, -0.2) is 9.59 Å². The zero-order chi connectivity index (χ0) is 17.1. The lowest BCUT2D eigenvalue weighted by molar-refractivity contribution is 0.0600. The van der Waals surface area contributed by atoms with E-state index in [-0.39, 0.29) is 12.1 Å².